The minimum absolute atomic E-state index is 0.0213. The van der Waals surface area contributed by atoms with Crippen LogP contribution in [0.2, 0.25) is 5.02 Å². The van der Waals surface area contributed by atoms with Crippen LogP contribution in [0.4, 0.5) is 13.2 Å². The summed E-state index contributed by atoms with van der Waals surface area (Å²) < 4.78 is 62.8. The number of hydrogen-bond acceptors (Lipinski definition) is 8. The van der Waals surface area contributed by atoms with E-state index >= 15 is 0 Å². The van der Waals surface area contributed by atoms with Crippen molar-refractivity contribution in [2.45, 2.75) is 32.8 Å². The topological polar surface area (TPSA) is 170 Å². The molecule has 0 bridgehead atoms. The zero-order chi connectivity index (χ0) is 27.5. The van der Waals surface area contributed by atoms with Crippen LogP contribution in [-0.2, 0) is 22.4 Å². The summed E-state index contributed by atoms with van der Waals surface area (Å²) in [4.78, 5) is 47.1. The summed E-state index contributed by atoms with van der Waals surface area (Å²) in [6.45, 7) is -0.609. The van der Waals surface area contributed by atoms with Gasteiger partial charge in [0.2, 0.25) is 5.75 Å². The Kier molecular flexibility index (Phi) is 8.52. The second-order valence-electron chi connectivity index (χ2n) is 7.35. The van der Waals surface area contributed by atoms with E-state index in [2.05, 4.69) is 14.6 Å². The predicted octanol–water partition coefficient (Wildman–Crippen LogP) is 3.20. The molecule has 12 nitrogen and oxygen atoms in total. The average molecular weight is 562 g/mol. The van der Waals surface area contributed by atoms with Crippen LogP contribution >= 0.6 is 19.4 Å². The van der Waals surface area contributed by atoms with Crippen molar-refractivity contribution in [1.29, 1.82) is 5.26 Å². The lowest BCUT2D eigenvalue weighted by Gasteiger charge is -2.15. The number of alkyl halides is 3. The van der Waals surface area contributed by atoms with Gasteiger partial charge in [-0.2, -0.15) is 10.4 Å². The van der Waals surface area contributed by atoms with Gasteiger partial charge < -0.3 is 14.5 Å². The molecule has 0 amide bonds. The van der Waals surface area contributed by atoms with Crippen molar-refractivity contribution in [3.8, 4) is 17.6 Å². The molecule has 1 unspecified atom stereocenters. The van der Waals surface area contributed by atoms with Gasteiger partial charge in [0.25, 0.3) is 17.5 Å². The maximum absolute atomic E-state index is 14.0. The number of rotatable bonds is 9. The summed E-state index contributed by atoms with van der Waals surface area (Å²) >= 11 is 5.89. The second-order valence-corrected chi connectivity index (χ2v) is 9.02. The summed E-state index contributed by atoms with van der Waals surface area (Å²) in [5, 5.41) is 12.7. The van der Waals surface area contributed by atoms with Gasteiger partial charge in [0.15, 0.2) is 12.4 Å². The molecule has 2 aromatic heterocycles. The monoisotopic (exact) mass is 561 g/mol. The summed E-state index contributed by atoms with van der Waals surface area (Å²) in [5.74, 6) is -1.13. The number of nitriles is 1. The Morgan fingerprint density at radius 1 is 1.19 bits per heavy atom. The molecule has 0 radical (unpaired) electrons. The molecule has 2 N–H and O–H groups in total. The van der Waals surface area contributed by atoms with Crippen molar-refractivity contribution in [2.24, 2.45) is 0 Å². The summed E-state index contributed by atoms with van der Waals surface area (Å²) in [6.07, 6.45) is -4.27. The third kappa shape index (κ3) is 7.03. The van der Waals surface area contributed by atoms with E-state index in [1.54, 1.807) is 6.07 Å². The normalized spacial score (nSPS) is 12.4. The minimum atomic E-state index is -5.02. The number of benzene rings is 1. The quantitative estimate of drug-likeness (QED) is 0.370. The van der Waals surface area contributed by atoms with Crippen LogP contribution in [0, 0.1) is 11.3 Å². The van der Waals surface area contributed by atoms with Crippen molar-refractivity contribution in [3.05, 3.63) is 78.8 Å². The van der Waals surface area contributed by atoms with Crippen LogP contribution in [0.3, 0.4) is 0 Å². The fourth-order valence-electron chi connectivity index (χ4n) is 2.98. The van der Waals surface area contributed by atoms with Crippen LogP contribution in [0.25, 0.3) is 0 Å². The van der Waals surface area contributed by atoms with E-state index in [1.165, 1.54) is 12.1 Å². The number of halogens is 4. The Bertz CT molecular complexity index is 1530. The van der Waals surface area contributed by atoms with Crippen LogP contribution in [0.5, 0.6) is 11.5 Å². The first-order valence-electron chi connectivity index (χ1n) is 10.00. The lowest BCUT2D eigenvalue weighted by Crippen LogP contribution is -2.32. The number of nitrogens with zero attached hydrogens (tertiary/aromatic N) is 5. The molecule has 1 atom stereocenters. The van der Waals surface area contributed by atoms with E-state index in [1.807, 2.05) is 0 Å². The van der Waals surface area contributed by atoms with E-state index in [-0.39, 0.29) is 27.6 Å². The maximum atomic E-state index is 14.0. The molecular weight excluding hydrogens is 546 g/mol. The van der Waals surface area contributed by atoms with E-state index in [0.717, 1.165) is 19.1 Å². The lowest BCUT2D eigenvalue weighted by molar-refractivity contribution is 0.139. The van der Waals surface area contributed by atoms with Crippen LogP contribution in [-0.4, -0.2) is 29.1 Å². The van der Waals surface area contributed by atoms with Crippen molar-refractivity contribution >= 4 is 19.4 Å². The van der Waals surface area contributed by atoms with E-state index in [0.29, 0.717) is 15.6 Å². The van der Waals surface area contributed by atoms with E-state index in [4.69, 9.17) is 31.4 Å². The number of phosphoric acid groups is 1. The highest BCUT2D eigenvalue weighted by Crippen LogP contribution is 2.36. The molecule has 3 rings (SSSR count). The van der Waals surface area contributed by atoms with Crippen LogP contribution in [0.1, 0.15) is 42.0 Å². The summed E-state index contributed by atoms with van der Waals surface area (Å²) in [6, 6.07) is 6.38. The van der Waals surface area contributed by atoms with Crippen molar-refractivity contribution < 1.29 is 36.8 Å². The first-order chi connectivity index (χ1) is 17.3. The number of hydrogen-bond donors (Lipinski definition) is 2. The number of ether oxygens (including phenoxy) is 1. The van der Waals surface area contributed by atoms with Crippen molar-refractivity contribution in [3.63, 3.8) is 0 Å². The lowest BCUT2D eigenvalue weighted by atomic mass is 10.2. The Morgan fingerprint density at radius 2 is 1.89 bits per heavy atom. The molecule has 0 spiro atoms. The highest BCUT2D eigenvalue weighted by atomic mass is 35.5. The molecule has 3 aromatic rings. The molecule has 0 fully saturated rings. The fraction of sp³-hybridized carbons (Fsp3) is 0.250. The van der Waals surface area contributed by atoms with Gasteiger partial charge in [-0.3, -0.25) is 18.7 Å². The van der Waals surface area contributed by atoms with Crippen molar-refractivity contribution in [1.82, 2.24) is 19.3 Å². The highest BCUT2D eigenvalue weighted by molar-refractivity contribution is 7.46. The minimum Gasteiger partial charge on any atom is -0.449 e. The zero-order valence-electron chi connectivity index (χ0n) is 18.6. The Morgan fingerprint density at radius 3 is 2.49 bits per heavy atom. The number of phosphoric ester groups is 1. The second kappa shape index (κ2) is 11.2. The largest absolute Gasteiger partial charge is 0.471 e. The van der Waals surface area contributed by atoms with Gasteiger partial charge in [0.05, 0.1) is 30.2 Å². The summed E-state index contributed by atoms with van der Waals surface area (Å²) in [5.41, 5.74) is -3.83. The highest BCUT2D eigenvalue weighted by Gasteiger charge is 2.24. The molecular formula is C20H16ClF3N5O7P. The van der Waals surface area contributed by atoms with Gasteiger partial charge in [-0.1, -0.05) is 11.6 Å². The molecule has 1 aromatic carbocycles. The molecule has 0 aliphatic carbocycles. The van der Waals surface area contributed by atoms with E-state index in [9.17, 15) is 27.3 Å². The summed E-state index contributed by atoms with van der Waals surface area (Å²) in [7, 11) is -5.02. The molecule has 0 saturated heterocycles. The SMILES string of the molecule is CC(F)c1cc(Cn2cnc(C(F)F)c(Oc3cc(Cl)cc(C#N)c3)c2=O)c(=O)n(COP(=O)(O)O)n1. The molecule has 0 aliphatic heterocycles. The van der Waals surface area contributed by atoms with Crippen LogP contribution in [0.15, 0.2) is 40.2 Å². The van der Waals surface area contributed by atoms with Gasteiger partial charge in [0.1, 0.15) is 11.9 Å². The van der Waals surface area contributed by atoms with Gasteiger partial charge in [-0.05, 0) is 31.2 Å². The third-order valence-electron chi connectivity index (χ3n) is 4.61. The maximum Gasteiger partial charge on any atom is 0.471 e. The predicted molar refractivity (Wildman–Crippen MR) is 120 cm³/mol. The number of aromatic nitrogens is 4. The third-order valence-corrected chi connectivity index (χ3v) is 5.28. The smallest absolute Gasteiger partial charge is 0.449 e. The zero-order valence-corrected chi connectivity index (χ0v) is 20.2. The molecule has 17 heteroatoms. The Labute approximate surface area is 210 Å². The molecule has 0 saturated carbocycles. The fourth-order valence-corrected chi connectivity index (χ4v) is 3.46. The van der Waals surface area contributed by atoms with Crippen molar-refractivity contribution in [2.75, 3.05) is 0 Å². The van der Waals surface area contributed by atoms with Gasteiger partial charge in [0, 0.05) is 10.6 Å². The molecule has 37 heavy (non-hydrogen) atoms. The van der Waals surface area contributed by atoms with Gasteiger partial charge in [-0.15, -0.1) is 0 Å². The van der Waals surface area contributed by atoms with Crippen LogP contribution < -0.4 is 15.9 Å². The average Bonchev–Trinajstić information content (AvgIpc) is 2.80. The first kappa shape index (κ1) is 28.0. The molecule has 196 valence electrons. The molecule has 2 heterocycles. The van der Waals surface area contributed by atoms with Gasteiger partial charge in [-0.25, -0.2) is 27.4 Å². The first-order valence-corrected chi connectivity index (χ1v) is 11.9. The molecule has 0 aliphatic rings. The standard InChI is InChI=1S/C20H16ClF3N5O7P/c1-10(22)15-4-12(19(30)29(27-15)9-35-37(32,33)34)7-28-8-26-16(18(23)24)17(20(28)31)36-14-3-11(6-25)2-13(21)5-14/h2-5,8,10,18H,7,9H2,1H3,(H2,32,33,34). The Hall–Kier alpha value is -3.54. The van der Waals surface area contributed by atoms with E-state index < -0.39 is 56.3 Å². The Balaban J connectivity index is 2.09. The van der Waals surface area contributed by atoms with Gasteiger partial charge >= 0.3 is 7.82 Å².